The summed E-state index contributed by atoms with van der Waals surface area (Å²) in [5, 5.41) is 0. The van der Waals surface area contributed by atoms with Crippen LogP contribution in [0.3, 0.4) is 0 Å². The Hall–Kier alpha value is -1.04. The van der Waals surface area contributed by atoms with E-state index in [0.29, 0.717) is 0 Å². The van der Waals surface area contributed by atoms with Crippen molar-refractivity contribution in [2.45, 2.75) is 52.9 Å². The Balaban J connectivity index is 0. The summed E-state index contributed by atoms with van der Waals surface area (Å²) < 4.78 is 0. The first-order chi connectivity index (χ1) is 7.68. The maximum Gasteiger partial charge on any atom is -0.0314 e. The smallest absolute Gasteiger partial charge is 0.0314 e. The van der Waals surface area contributed by atoms with Crippen LogP contribution in [0.4, 0.5) is 0 Å². The van der Waals surface area contributed by atoms with E-state index in [2.05, 4.69) is 45.2 Å². The first kappa shape index (κ1) is 17.4. The highest BCUT2D eigenvalue weighted by Crippen LogP contribution is 1.96. The van der Waals surface area contributed by atoms with Gasteiger partial charge in [0, 0.05) is 0 Å². The second-order valence-electron chi connectivity index (χ2n) is 3.94. The Morgan fingerprint density at radius 2 is 1.56 bits per heavy atom. The molecule has 0 aromatic carbocycles. The van der Waals surface area contributed by atoms with E-state index >= 15 is 0 Å². The van der Waals surface area contributed by atoms with Crippen LogP contribution in [0.5, 0.6) is 0 Å². The van der Waals surface area contributed by atoms with E-state index in [1.54, 1.807) is 0 Å². The molecule has 0 aliphatic rings. The number of hydrogen-bond acceptors (Lipinski definition) is 0. The zero-order valence-electron chi connectivity index (χ0n) is 11.3. The highest BCUT2D eigenvalue weighted by Gasteiger charge is 1.76. The molecule has 0 nitrogen and oxygen atoms in total. The minimum absolute atomic E-state index is 1.10. The summed E-state index contributed by atoms with van der Waals surface area (Å²) in [6.07, 6.45) is 16.2. The van der Waals surface area contributed by atoms with Gasteiger partial charge in [0.15, 0.2) is 0 Å². The summed E-state index contributed by atoms with van der Waals surface area (Å²) in [5.74, 6) is 0. The molecule has 0 aliphatic heterocycles. The zero-order valence-corrected chi connectivity index (χ0v) is 11.3. The lowest BCUT2D eigenvalue weighted by Gasteiger charge is -1.86. The summed E-state index contributed by atoms with van der Waals surface area (Å²) in [7, 11) is 0. The van der Waals surface area contributed by atoms with E-state index in [9.17, 15) is 0 Å². The van der Waals surface area contributed by atoms with E-state index in [-0.39, 0.29) is 0 Å². The second-order valence-corrected chi connectivity index (χ2v) is 3.94. The highest BCUT2D eigenvalue weighted by molar-refractivity contribution is 4.93. The van der Waals surface area contributed by atoms with Gasteiger partial charge in [0.1, 0.15) is 0 Å². The van der Waals surface area contributed by atoms with Crippen LogP contribution in [0.25, 0.3) is 0 Å². The summed E-state index contributed by atoms with van der Waals surface area (Å²) >= 11 is 0. The van der Waals surface area contributed by atoms with Crippen LogP contribution >= 0.6 is 0 Å². The topological polar surface area (TPSA) is 0 Å². The maximum absolute atomic E-state index is 3.63. The predicted molar refractivity (Wildman–Crippen MR) is 77.7 cm³/mol. The maximum atomic E-state index is 3.63. The molecule has 0 amide bonds. The number of hydrogen-bond donors (Lipinski definition) is 0. The van der Waals surface area contributed by atoms with Gasteiger partial charge in [0.05, 0.1) is 0 Å². The van der Waals surface area contributed by atoms with Crippen LogP contribution < -0.4 is 0 Å². The van der Waals surface area contributed by atoms with Crippen LogP contribution in [-0.4, -0.2) is 0 Å². The molecule has 0 heterocycles. The molecule has 0 fully saturated rings. The summed E-state index contributed by atoms with van der Waals surface area (Å²) in [6, 6.07) is 0. The average Bonchev–Trinajstić information content (AvgIpc) is 2.25. The van der Waals surface area contributed by atoms with Crippen molar-refractivity contribution in [3.8, 4) is 0 Å². The Labute approximate surface area is 102 Å². The van der Waals surface area contributed by atoms with Crippen LogP contribution in [-0.2, 0) is 0 Å². The average molecular weight is 220 g/mol. The molecule has 0 aromatic rings. The lowest BCUT2D eigenvalue weighted by molar-refractivity contribution is 0.869. The van der Waals surface area contributed by atoms with Crippen LogP contribution in [0.1, 0.15) is 52.9 Å². The normalized spacial score (nSPS) is 9.19. The molecule has 0 aromatic heterocycles. The fourth-order valence-corrected chi connectivity index (χ4v) is 1.04. The van der Waals surface area contributed by atoms with Gasteiger partial charge in [-0.15, -0.1) is 13.2 Å². The van der Waals surface area contributed by atoms with E-state index < -0.39 is 0 Å². The van der Waals surface area contributed by atoms with Gasteiger partial charge >= 0.3 is 0 Å². The van der Waals surface area contributed by atoms with Gasteiger partial charge in [-0.25, -0.2) is 0 Å². The van der Waals surface area contributed by atoms with Crippen molar-refractivity contribution >= 4 is 0 Å². The molecule has 0 heteroatoms. The van der Waals surface area contributed by atoms with E-state index in [1.807, 2.05) is 19.1 Å². The molecule has 16 heavy (non-hydrogen) atoms. The van der Waals surface area contributed by atoms with Gasteiger partial charge in [-0.05, 0) is 52.9 Å². The molecular weight excluding hydrogens is 192 g/mol. The van der Waals surface area contributed by atoms with Gasteiger partial charge in [0.2, 0.25) is 0 Å². The van der Waals surface area contributed by atoms with Crippen LogP contribution in [0.2, 0.25) is 0 Å². The minimum Gasteiger partial charge on any atom is -0.103 e. The third-order valence-corrected chi connectivity index (χ3v) is 1.94. The van der Waals surface area contributed by atoms with Crippen molar-refractivity contribution < 1.29 is 0 Å². The summed E-state index contributed by atoms with van der Waals surface area (Å²) in [5.41, 5.74) is 1.40. The molecule has 0 aliphatic carbocycles. The van der Waals surface area contributed by atoms with Crippen molar-refractivity contribution in [1.29, 1.82) is 0 Å². The van der Waals surface area contributed by atoms with Gasteiger partial charge in [-0.2, -0.15) is 0 Å². The largest absolute Gasteiger partial charge is 0.103 e. The Morgan fingerprint density at radius 3 is 2.00 bits per heavy atom. The fourth-order valence-electron chi connectivity index (χ4n) is 1.04. The second kappa shape index (κ2) is 16.4. The Morgan fingerprint density at radius 1 is 0.938 bits per heavy atom. The molecule has 0 saturated carbocycles. The molecule has 0 radical (unpaired) electrons. The fraction of sp³-hybridized carbons (Fsp3) is 0.500. The number of unbranched alkanes of at least 4 members (excludes halogenated alkanes) is 3. The molecule has 0 unspecified atom stereocenters. The van der Waals surface area contributed by atoms with Crippen molar-refractivity contribution in [2.75, 3.05) is 0 Å². The molecule has 0 N–H and O–H groups in total. The lowest BCUT2D eigenvalue weighted by Crippen LogP contribution is -1.65. The van der Waals surface area contributed by atoms with Crippen molar-refractivity contribution in [1.82, 2.24) is 0 Å². The van der Waals surface area contributed by atoms with Crippen molar-refractivity contribution in [3.63, 3.8) is 0 Å². The molecular formula is C16H28. The standard InChI is InChI=1S/2C8H14/c1-4-5-6-7-8(2)3;1-3-5-7-8-6-4-2/h4,7H,1,5-6H2,2-3H3;3-4,6H,1,5,7-8H2,2H3/b;6-4+. The van der Waals surface area contributed by atoms with Gasteiger partial charge in [-0.1, -0.05) is 36.0 Å². The molecule has 0 rings (SSSR count). The molecule has 0 spiro atoms. The van der Waals surface area contributed by atoms with Crippen molar-refractivity contribution in [2.24, 2.45) is 0 Å². The van der Waals surface area contributed by atoms with E-state index in [4.69, 9.17) is 0 Å². The number of allylic oxidation sites excluding steroid dienone is 6. The van der Waals surface area contributed by atoms with Crippen LogP contribution in [0, 0.1) is 0 Å². The molecule has 0 atom stereocenters. The van der Waals surface area contributed by atoms with E-state index in [1.165, 1.54) is 18.4 Å². The monoisotopic (exact) mass is 220 g/mol. The Bertz CT molecular complexity index is 202. The summed E-state index contributed by atoms with van der Waals surface area (Å²) in [6.45, 7) is 13.5. The van der Waals surface area contributed by atoms with Gasteiger partial charge < -0.3 is 0 Å². The minimum atomic E-state index is 1.10. The summed E-state index contributed by atoms with van der Waals surface area (Å²) in [4.78, 5) is 0. The number of rotatable bonds is 7. The van der Waals surface area contributed by atoms with Gasteiger partial charge in [0.25, 0.3) is 0 Å². The SMILES string of the molecule is C=CCCC/C=C/C.C=CCCC=C(C)C. The third kappa shape index (κ3) is 23.1. The first-order valence-electron chi connectivity index (χ1n) is 6.15. The third-order valence-electron chi connectivity index (χ3n) is 1.94. The highest BCUT2D eigenvalue weighted by atomic mass is 13.8. The molecule has 92 valence electrons. The van der Waals surface area contributed by atoms with Crippen molar-refractivity contribution in [3.05, 3.63) is 49.1 Å². The predicted octanol–water partition coefficient (Wildman–Crippen LogP) is 5.84. The first-order valence-corrected chi connectivity index (χ1v) is 6.15. The Kier molecular flexibility index (Phi) is 17.8. The lowest BCUT2D eigenvalue weighted by atomic mass is 10.2. The quantitative estimate of drug-likeness (QED) is 0.373. The van der Waals surface area contributed by atoms with Crippen LogP contribution in [0.15, 0.2) is 49.1 Å². The molecule has 0 saturated heterocycles. The zero-order chi connectivity index (χ0) is 12.6. The molecule has 0 bridgehead atoms. The van der Waals surface area contributed by atoms with E-state index in [0.717, 1.165) is 19.3 Å². The van der Waals surface area contributed by atoms with Gasteiger partial charge in [-0.3, -0.25) is 0 Å².